The fraction of sp³-hybridized carbons (Fsp3) is 0.381. The first-order chi connectivity index (χ1) is 15.2. The van der Waals surface area contributed by atoms with Crippen molar-refractivity contribution in [1.29, 1.82) is 0 Å². The summed E-state index contributed by atoms with van der Waals surface area (Å²) < 4.78 is 29.7. The number of ether oxygens (including phenoxy) is 5. The van der Waals surface area contributed by atoms with Gasteiger partial charge in [0, 0.05) is 18.2 Å². The second kappa shape index (κ2) is 7.62. The molecule has 0 aliphatic carbocycles. The summed E-state index contributed by atoms with van der Waals surface area (Å²) in [5, 5.41) is 12.7. The number of rotatable bonds is 5. The Morgan fingerprint density at radius 1 is 1.06 bits per heavy atom. The zero-order chi connectivity index (χ0) is 21.5. The molecule has 31 heavy (non-hydrogen) atoms. The van der Waals surface area contributed by atoms with Gasteiger partial charge in [0.15, 0.2) is 17.3 Å². The third kappa shape index (κ3) is 3.02. The van der Waals surface area contributed by atoms with Crippen molar-refractivity contribution in [2.75, 3.05) is 41.7 Å². The van der Waals surface area contributed by atoms with Crippen LogP contribution in [-0.2, 0) is 6.42 Å². The van der Waals surface area contributed by atoms with Crippen molar-refractivity contribution in [2.45, 2.75) is 12.5 Å². The number of methoxy groups -OCH3 is 3. The van der Waals surface area contributed by atoms with Crippen molar-refractivity contribution < 1.29 is 23.7 Å². The SMILES string of the molecule is COc1ccc(-n2nnnc2[C@@H]2c3c(cc4c(c3OC)OCO4)CCN2C)c(OC)c1. The number of nitrogens with zero attached hydrogens (tertiary/aromatic N) is 5. The summed E-state index contributed by atoms with van der Waals surface area (Å²) in [6.07, 6.45) is 0.850. The lowest BCUT2D eigenvalue weighted by Gasteiger charge is -2.34. The Morgan fingerprint density at radius 2 is 1.94 bits per heavy atom. The molecule has 2 aliphatic rings. The van der Waals surface area contributed by atoms with E-state index in [1.54, 1.807) is 32.1 Å². The molecule has 2 aliphatic heterocycles. The van der Waals surface area contributed by atoms with E-state index in [4.69, 9.17) is 23.7 Å². The van der Waals surface area contributed by atoms with Gasteiger partial charge in [0.2, 0.25) is 12.5 Å². The van der Waals surface area contributed by atoms with Crippen LogP contribution in [0.2, 0.25) is 0 Å². The van der Waals surface area contributed by atoms with E-state index in [1.807, 2.05) is 25.2 Å². The average Bonchev–Trinajstić information content (AvgIpc) is 3.46. The van der Waals surface area contributed by atoms with Crippen LogP contribution in [0.15, 0.2) is 24.3 Å². The Bertz CT molecular complexity index is 1130. The largest absolute Gasteiger partial charge is 0.497 e. The van der Waals surface area contributed by atoms with Crippen LogP contribution >= 0.6 is 0 Å². The molecule has 3 heterocycles. The molecule has 1 aromatic heterocycles. The van der Waals surface area contributed by atoms with Crippen LogP contribution in [0.4, 0.5) is 0 Å². The molecule has 0 unspecified atom stereocenters. The van der Waals surface area contributed by atoms with Crippen LogP contribution in [0.1, 0.15) is 23.0 Å². The van der Waals surface area contributed by atoms with Crippen LogP contribution in [0, 0.1) is 0 Å². The molecule has 0 fully saturated rings. The number of aromatic nitrogens is 4. The molecular weight excluding hydrogens is 402 g/mol. The fourth-order valence-electron chi connectivity index (χ4n) is 4.26. The van der Waals surface area contributed by atoms with Crippen molar-refractivity contribution in [3.63, 3.8) is 0 Å². The van der Waals surface area contributed by atoms with Gasteiger partial charge in [-0.2, -0.15) is 4.68 Å². The highest BCUT2D eigenvalue weighted by Crippen LogP contribution is 2.50. The number of likely N-dealkylation sites (N-methyl/N-ethyl adjacent to an activating group) is 1. The van der Waals surface area contributed by atoms with E-state index in [1.165, 1.54) is 0 Å². The molecule has 0 N–H and O–H groups in total. The number of hydrogen-bond acceptors (Lipinski definition) is 9. The molecule has 3 aromatic rings. The molecule has 0 spiro atoms. The second-order valence-corrected chi connectivity index (χ2v) is 7.34. The minimum atomic E-state index is -0.255. The molecule has 0 radical (unpaired) electrons. The zero-order valence-corrected chi connectivity index (χ0v) is 17.8. The Morgan fingerprint density at radius 3 is 2.71 bits per heavy atom. The monoisotopic (exact) mass is 425 g/mol. The number of benzene rings is 2. The van der Waals surface area contributed by atoms with Gasteiger partial charge in [-0.05, 0) is 47.7 Å². The van der Waals surface area contributed by atoms with Gasteiger partial charge in [-0.1, -0.05) is 0 Å². The number of fused-ring (bicyclic) bond motifs is 2. The second-order valence-electron chi connectivity index (χ2n) is 7.34. The summed E-state index contributed by atoms with van der Waals surface area (Å²) in [5.74, 6) is 3.90. The molecule has 0 amide bonds. The molecule has 2 aromatic carbocycles. The zero-order valence-electron chi connectivity index (χ0n) is 17.8. The number of hydrogen-bond donors (Lipinski definition) is 0. The van der Waals surface area contributed by atoms with Gasteiger partial charge in [-0.25, -0.2) is 0 Å². The Kier molecular flexibility index (Phi) is 4.78. The molecule has 1 atom stereocenters. The minimum Gasteiger partial charge on any atom is -0.497 e. The summed E-state index contributed by atoms with van der Waals surface area (Å²) in [5.41, 5.74) is 2.81. The van der Waals surface area contributed by atoms with E-state index >= 15 is 0 Å². The molecule has 10 nitrogen and oxygen atoms in total. The Balaban J connectivity index is 1.69. The molecule has 10 heteroatoms. The Hall–Kier alpha value is -3.53. The van der Waals surface area contributed by atoms with Gasteiger partial charge in [-0.3, -0.25) is 4.90 Å². The first kappa shape index (κ1) is 19.4. The lowest BCUT2D eigenvalue weighted by Crippen LogP contribution is -2.35. The molecule has 0 saturated heterocycles. The quantitative estimate of drug-likeness (QED) is 0.608. The normalized spacial score (nSPS) is 17.4. The predicted molar refractivity (Wildman–Crippen MR) is 110 cm³/mol. The summed E-state index contributed by atoms with van der Waals surface area (Å²) in [7, 11) is 6.90. The first-order valence-corrected chi connectivity index (χ1v) is 9.86. The van der Waals surface area contributed by atoms with E-state index in [0.717, 1.165) is 24.1 Å². The van der Waals surface area contributed by atoms with Crippen LogP contribution in [-0.4, -0.2) is 66.8 Å². The topological polar surface area (TPSA) is 93.0 Å². The molecule has 0 bridgehead atoms. The van der Waals surface area contributed by atoms with Crippen molar-refractivity contribution in [1.82, 2.24) is 25.1 Å². The molecule has 5 rings (SSSR count). The van der Waals surface area contributed by atoms with Gasteiger partial charge in [0.1, 0.15) is 23.2 Å². The highest BCUT2D eigenvalue weighted by Gasteiger charge is 2.38. The first-order valence-electron chi connectivity index (χ1n) is 9.86. The van der Waals surface area contributed by atoms with Crippen LogP contribution in [0.3, 0.4) is 0 Å². The highest BCUT2D eigenvalue weighted by molar-refractivity contribution is 5.63. The lowest BCUT2D eigenvalue weighted by atomic mass is 9.90. The maximum atomic E-state index is 5.80. The Labute approximate surface area is 179 Å². The maximum absolute atomic E-state index is 5.80. The smallest absolute Gasteiger partial charge is 0.231 e. The minimum absolute atomic E-state index is 0.176. The lowest BCUT2D eigenvalue weighted by molar-refractivity contribution is 0.170. The highest BCUT2D eigenvalue weighted by atomic mass is 16.7. The van der Waals surface area contributed by atoms with Crippen molar-refractivity contribution in [3.8, 4) is 34.4 Å². The van der Waals surface area contributed by atoms with E-state index in [-0.39, 0.29) is 12.8 Å². The van der Waals surface area contributed by atoms with Gasteiger partial charge in [-0.15, -0.1) is 5.10 Å². The van der Waals surface area contributed by atoms with E-state index in [2.05, 4.69) is 20.4 Å². The third-order valence-electron chi connectivity index (χ3n) is 5.75. The van der Waals surface area contributed by atoms with Crippen molar-refractivity contribution in [3.05, 3.63) is 41.2 Å². The predicted octanol–water partition coefficient (Wildman–Crippen LogP) is 1.99. The number of tetrazole rings is 1. The maximum Gasteiger partial charge on any atom is 0.231 e. The van der Waals surface area contributed by atoms with E-state index in [9.17, 15) is 0 Å². The third-order valence-corrected chi connectivity index (χ3v) is 5.75. The fourth-order valence-corrected chi connectivity index (χ4v) is 4.26. The van der Waals surface area contributed by atoms with Crippen LogP contribution in [0.25, 0.3) is 5.69 Å². The van der Waals surface area contributed by atoms with E-state index in [0.29, 0.717) is 40.3 Å². The van der Waals surface area contributed by atoms with Crippen molar-refractivity contribution >= 4 is 0 Å². The summed E-state index contributed by atoms with van der Waals surface area (Å²) >= 11 is 0. The van der Waals surface area contributed by atoms with Crippen LogP contribution in [0.5, 0.6) is 28.7 Å². The van der Waals surface area contributed by atoms with Gasteiger partial charge in [0.05, 0.1) is 21.3 Å². The van der Waals surface area contributed by atoms with Gasteiger partial charge in [0.25, 0.3) is 0 Å². The van der Waals surface area contributed by atoms with Gasteiger partial charge < -0.3 is 23.7 Å². The molecular formula is C21H23N5O5. The summed E-state index contributed by atoms with van der Waals surface area (Å²) in [6.45, 7) is 1.00. The summed E-state index contributed by atoms with van der Waals surface area (Å²) in [4.78, 5) is 2.20. The summed E-state index contributed by atoms with van der Waals surface area (Å²) in [6, 6.07) is 7.30. The van der Waals surface area contributed by atoms with Gasteiger partial charge >= 0.3 is 0 Å². The van der Waals surface area contributed by atoms with E-state index < -0.39 is 0 Å². The van der Waals surface area contributed by atoms with Crippen LogP contribution < -0.4 is 23.7 Å². The average molecular weight is 425 g/mol. The standard InChI is InChI=1S/C21H23N5O5/c1-25-8-7-12-9-16-19(31-11-30-16)20(29-4)17(12)18(25)21-22-23-24-26(21)14-6-5-13(27-2)10-15(14)28-3/h5-6,9-10,18H,7-8,11H2,1-4H3/t18-/m0/s1. The van der Waals surface area contributed by atoms with Crippen molar-refractivity contribution in [2.24, 2.45) is 0 Å². The molecule has 0 saturated carbocycles. The molecule has 162 valence electrons.